The Balaban J connectivity index is 1.73. The number of halogens is 6. The van der Waals surface area contributed by atoms with E-state index in [0.29, 0.717) is 22.3 Å². The molecule has 1 saturated heterocycles. The highest BCUT2D eigenvalue weighted by molar-refractivity contribution is 5.71. The van der Waals surface area contributed by atoms with Gasteiger partial charge in [-0.1, -0.05) is 12.1 Å². The third kappa shape index (κ3) is 6.02. The van der Waals surface area contributed by atoms with Crippen molar-refractivity contribution in [2.45, 2.75) is 31.2 Å². The number of nitrogens with zero attached hydrogens (tertiary/aromatic N) is 2. The molecule has 2 unspecified atom stereocenters. The molecule has 1 heterocycles. The van der Waals surface area contributed by atoms with Crippen molar-refractivity contribution < 1.29 is 40.6 Å². The fourth-order valence-electron chi connectivity index (χ4n) is 3.33. The molecule has 0 aromatic heterocycles. The quantitative estimate of drug-likeness (QED) is 0.601. The Labute approximate surface area is 189 Å². The van der Waals surface area contributed by atoms with Crippen LogP contribution in [0.2, 0.25) is 0 Å². The number of nitriles is 1. The minimum Gasteiger partial charge on any atom is -0.491 e. The van der Waals surface area contributed by atoms with Crippen LogP contribution in [-0.2, 0) is 17.5 Å². The summed E-state index contributed by atoms with van der Waals surface area (Å²) in [5, 5.41) is 11.3. The molecule has 1 aliphatic rings. The molecule has 2 atom stereocenters. The van der Waals surface area contributed by atoms with Crippen molar-refractivity contribution in [2.24, 2.45) is 5.73 Å². The van der Waals surface area contributed by atoms with E-state index in [-0.39, 0.29) is 18.8 Å². The lowest BCUT2D eigenvalue weighted by atomic mass is 10.1. The standard InChI is InChI=1S/C21H18F6N4O3/c22-20(23,24)17-7-14(4-3-13(17)8-28)31-10-16(34-18(31)21(25,26)27)11-33-15-5-1-12(2-6-15)9-30-19(29)32/h1-7,16,18H,9-11H2,(H3,29,30,32). The summed E-state index contributed by atoms with van der Waals surface area (Å²) in [5.41, 5.74) is 3.27. The lowest BCUT2D eigenvalue weighted by molar-refractivity contribution is -0.215. The minimum atomic E-state index is -4.92. The Kier molecular flexibility index (Phi) is 7.11. The van der Waals surface area contributed by atoms with Gasteiger partial charge < -0.3 is 25.4 Å². The predicted octanol–water partition coefficient (Wildman–Crippen LogP) is 3.92. The maximum atomic E-state index is 13.6. The highest BCUT2D eigenvalue weighted by Crippen LogP contribution is 2.39. The Bertz CT molecular complexity index is 1070. The average molecular weight is 488 g/mol. The molecule has 0 bridgehead atoms. The van der Waals surface area contributed by atoms with Gasteiger partial charge in [-0.15, -0.1) is 0 Å². The van der Waals surface area contributed by atoms with Crippen molar-refractivity contribution in [3.63, 3.8) is 0 Å². The molecule has 13 heteroatoms. The summed E-state index contributed by atoms with van der Waals surface area (Å²) in [4.78, 5) is 11.4. The van der Waals surface area contributed by atoms with Crippen molar-refractivity contribution in [3.05, 3.63) is 59.2 Å². The van der Waals surface area contributed by atoms with E-state index in [1.807, 2.05) is 0 Å². The Morgan fingerprint density at radius 2 is 1.85 bits per heavy atom. The largest absolute Gasteiger partial charge is 0.491 e. The second-order valence-electron chi connectivity index (χ2n) is 7.32. The number of urea groups is 1. The zero-order chi connectivity index (χ0) is 25.1. The van der Waals surface area contributed by atoms with Gasteiger partial charge in [0.25, 0.3) is 0 Å². The van der Waals surface area contributed by atoms with Crippen LogP contribution in [0.25, 0.3) is 0 Å². The molecule has 1 fully saturated rings. The number of hydrogen-bond donors (Lipinski definition) is 2. The molecule has 3 rings (SSSR count). The van der Waals surface area contributed by atoms with Crippen LogP contribution in [-0.4, -0.2) is 37.7 Å². The number of anilines is 1. The van der Waals surface area contributed by atoms with E-state index in [0.717, 1.165) is 12.1 Å². The molecule has 182 valence electrons. The molecule has 34 heavy (non-hydrogen) atoms. The highest BCUT2D eigenvalue weighted by atomic mass is 19.4. The Morgan fingerprint density at radius 1 is 1.18 bits per heavy atom. The highest BCUT2D eigenvalue weighted by Gasteiger charge is 2.51. The summed E-state index contributed by atoms with van der Waals surface area (Å²) >= 11 is 0. The number of carbonyl (C=O) groups excluding carboxylic acids is 1. The molecular weight excluding hydrogens is 470 g/mol. The fraction of sp³-hybridized carbons (Fsp3) is 0.333. The van der Waals surface area contributed by atoms with E-state index in [9.17, 15) is 31.1 Å². The van der Waals surface area contributed by atoms with Gasteiger partial charge in [0.2, 0.25) is 6.23 Å². The van der Waals surface area contributed by atoms with Crippen LogP contribution in [0.4, 0.5) is 36.8 Å². The normalized spacial score (nSPS) is 18.4. The number of rotatable bonds is 6. The molecule has 2 aromatic carbocycles. The second-order valence-corrected chi connectivity index (χ2v) is 7.32. The average Bonchev–Trinajstić information content (AvgIpc) is 3.21. The van der Waals surface area contributed by atoms with Gasteiger partial charge in [0.05, 0.1) is 23.7 Å². The van der Waals surface area contributed by atoms with Crippen LogP contribution < -0.4 is 20.7 Å². The number of amides is 2. The number of ether oxygens (including phenoxy) is 2. The van der Waals surface area contributed by atoms with Gasteiger partial charge >= 0.3 is 18.4 Å². The van der Waals surface area contributed by atoms with E-state index < -0.39 is 48.4 Å². The number of primary amides is 1. The first-order chi connectivity index (χ1) is 15.9. The van der Waals surface area contributed by atoms with Crippen LogP contribution in [0.1, 0.15) is 16.7 Å². The topological polar surface area (TPSA) is 101 Å². The van der Waals surface area contributed by atoms with Gasteiger partial charge in [-0.05, 0) is 35.9 Å². The van der Waals surface area contributed by atoms with Crippen LogP contribution >= 0.6 is 0 Å². The molecule has 1 aliphatic heterocycles. The fourth-order valence-corrected chi connectivity index (χ4v) is 3.33. The van der Waals surface area contributed by atoms with Crippen LogP contribution in [0.15, 0.2) is 42.5 Å². The maximum absolute atomic E-state index is 13.6. The summed E-state index contributed by atoms with van der Waals surface area (Å²) in [6.07, 6.45) is -13.4. The van der Waals surface area contributed by atoms with Gasteiger partial charge in [0.15, 0.2) is 0 Å². The van der Waals surface area contributed by atoms with Gasteiger partial charge in [-0.2, -0.15) is 31.6 Å². The first-order valence-electron chi connectivity index (χ1n) is 9.73. The third-order valence-electron chi connectivity index (χ3n) is 4.87. The second kappa shape index (κ2) is 9.68. The lowest BCUT2D eigenvalue weighted by Gasteiger charge is -2.27. The molecule has 2 amide bonds. The van der Waals surface area contributed by atoms with Crippen molar-refractivity contribution >= 4 is 11.7 Å². The van der Waals surface area contributed by atoms with Crippen molar-refractivity contribution in [1.29, 1.82) is 5.26 Å². The van der Waals surface area contributed by atoms with E-state index in [2.05, 4.69) is 5.32 Å². The lowest BCUT2D eigenvalue weighted by Crippen LogP contribution is -2.42. The molecular formula is C21H18F6N4O3. The third-order valence-corrected chi connectivity index (χ3v) is 4.87. The van der Waals surface area contributed by atoms with Gasteiger partial charge in [-0.25, -0.2) is 4.79 Å². The van der Waals surface area contributed by atoms with Crippen molar-refractivity contribution in [1.82, 2.24) is 5.32 Å². The van der Waals surface area contributed by atoms with Gasteiger partial charge in [0, 0.05) is 12.2 Å². The summed E-state index contributed by atoms with van der Waals surface area (Å²) < 4.78 is 91.0. The summed E-state index contributed by atoms with van der Waals surface area (Å²) in [7, 11) is 0. The summed E-state index contributed by atoms with van der Waals surface area (Å²) in [6, 6.07) is 9.31. The van der Waals surface area contributed by atoms with Gasteiger partial charge in [-0.3, -0.25) is 0 Å². The molecule has 0 spiro atoms. The van der Waals surface area contributed by atoms with E-state index in [1.165, 1.54) is 18.2 Å². The first kappa shape index (κ1) is 25.0. The number of nitrogens with two attached hydrogens (primary N) is 1. The number of carbonyl (C=O) groups is 1. The SMILES string of the molecule is N#Cc1ccc(N2CC(COc3ccc(CNC(N)=O)cc3)OC2C(F)(F)F)cc1C(F)(F)F. The number of alkyl halides is 6. The van der Waals surface area contributed by atoms with E-state index in [4.69, 9.17) is 20.5 Å². The number of benzene rings is 2. The van der Waals surface area contributed by atoms with E-state index >= 15 is 0 Å². The molecule has 3 N–H and O–H groups in total. The Hall–Kier alpha value is -3.66. The maximum Gasteiger partial charge on any atom is 0.433 e. The van der Waals surface area contributed by atoms with Crippen LogP contribution in [0.5, 0.6) is 5.75 Å². The van der Waals surface area contributed by atoms with Gasteiger partial charge in [0.1, 0.15) is 18.5 Å². The predicted molar refractivity (Wildman–Crippen MR) is 107 cm³/mol. The molecule has 2 aromatic rings. The van der Waals surface area contributed by atoms with Crippen molar-refractivity contribution in [3.8, 4) is 11.8 Å². The van der Waals surface area contributed by atoms with Crippen LogP contribution in [0, 0.1) is 11.3 Å². The number of hydrogen-bond acceptors (Lipinski definition) is 5. The zero-order valence-corrected chi connectivity index (χ0v) is 17.3. The van der Waals surface area contributed by atoms with Crippen molar-refractivity contribution in [2.75, 3.05) is 18.1 Å². The molecule has 0 saturated carbocycles. The Morgan fingerprint density at radius 3 is 2.41 bits per heavy atom. The zero-order valence-electron chi connectivity index (χ0n) is 17.3. The molecule has 0 aliphatic carbocycles. The van der Waals surface area contributed by atoms with E-state index in [1.54, 1.807) is 12.1 Å². The summed E-state index contributed by atoms with van der Waals surface area (Å²) in [6.45, 7) is -0.521. The monoisotopic (exact) mass is 488 g/mol. The smallest absolute Gasteiger partial charge is 0.433 e. The minimum absolute atomic E-state index is 0.175. The molecule has 7 nitrogen and oxygen atoms in total. The number of nitrogens with one attached hydrogen (secondary N) is 1. The first-order valence-corrected chi connectivity index (χ1v) is 9.73. The van der Waals surface area contributed by atoms with Crippen LogP contribution in [0.3, 0.4) is 0 Å². The molecule has 0 radical (unpaired) electrons. The summed E-state index contributed by atoms with van der Waals surface area (Å²) in [5.74, 6) is 0.311.